The lowest BCUT2D eigenvalue weighted by molar-refractivity contribution is 0.119. The van der Waals surface area contributed by atoms with Crippen LogP contribution in [-0.4, -0.2) is 10.8 Å². The highest BCUT2D eigenvalue weighted by Crippen LogP contribution is 2.45. The van der Waals surface area contributed by atoms with Gasteiger partial charge >= 0.3 is 0 Å². The first-order valence-corrected chi connectivity index (χ1v) is 3.66. The summed E-state index contributed by atoms with van der Waals surface area (Å²) in [5.74, 6) is 1.24. The van der Waals surface area contributed by atoms with Crippen LogP contribution in [0.5, 0.6) is 0 Å². The fourth-order valence-corrected chi connectivity index (χ4v) is 1.20. The minimum Gasteiger partial charge on any atom is -0.373 e. The monoisotopic (exact) mass is 141 g/mol. The van der Waals surface area contributed by atoms with E-state index in [1.807, 2.05) is 0 Å². The first-order chi connectivity index (χ1) is 4.42. The smallest absolute Gasteiger partial charge is 0.130 e. The molecule has 0 radical (unpaired) electrons. The van der Waals surface area contributed by atoms with Crippen molar-refractivity contribution < 1.29 is 5.11 Å². The van der Waals surface area contributed by atoms with Gasteiger partial charge in [-0.1, -0.05) is 19.4 Å². The van der Waals surface area contributed by atoms with Crippen molar-refractivity contribution >= 4 is 0 Å². The van der Waals surface area contributed by atoms with Crippen molar-refractivity contribution in [1.29, 1.82) is 0 Å². The Morgan fingerprint density at radius 1 is 1.50 bits per heavy atom. The van der Waals surface area contributed by atoms with Gasteiger partial charge in [0.1, 0.15) is 5.72 Å². The molecule has 0 aromatic carbocycles. The summed E-state index contributed by atoms with van der Waals surface area (Å²) in [6, 6.07) is 0. The largest absolute Gasteiger partial charge is 0.373 e. The maximum Gasteiger partial charge on any atom is 0.130 e. The third kappa shape index (κ3) is 1.58. The molecule has 0 spiro atoms. The van der Waals surface area contributed by atoms with Gasteiger partial charge in [-0.2, -0.15) is 0 Å². The molecule has 0 bridgehead atoms. The van der Waals surface area contributed by atoms with E-state index in [9.17, 15) is 0 Å². The second-order valence-corrected chi connectivity index (χ2v) is 3.45. The molecular weight excluding hydrogens is 126 g/mol. The van der Waals surface area contributed by atoms with Crippen LogP contribution in [0.15, 0.2) is 11.6 Å². The normalized spacial score (nSPS) is 41.5. The number of nitrogens with two attached hydrogens (primary N) is 1. The number of hydrogen-bond acceptors (Lipinski definition) is 2. The average Bonchev–Trinajstić information content (AvgIpc) is 2.19. The molecule has 1 rings (SSSR count). The molecule has 0 saturated heterocycles. The van der Waals surface area contributed by atoms with Crippen LogP contribution in [0.1, 0.15) is 20.8 Å². The molecule has 0 aromatic rings. The molecule has 58 valence electrons. The minimum absolute atomic E-state index is 0.620. The van der Waals surface area contributed by atoms with E-state index in [1.54, 1.807) is 13.0 Å². The highest BCUT2D eigenvalue weighted by atomic mass is 16.3. The van der Waals surface area contributed by atoms with Crippen LogP contribution in [0.2, 0.25) is 0 Å². The number of rotatable bonds is 1. The van der Waals surface area contributed by atoms with Crippen LogP contribution in [0.25, 0.3) is 0 Å². The Hall–Kier alpha value is -0.340. The van der Waals surface area contributed by atoms with E-state index in [1.165, 1.54) is 5.57 Å². The topological polar surface area (TPSA) is 46.2 Å². The van der Waals surface area contributed by atoms with E-state index in [4.69, 9.17) is 10.8 Å². The Balaban J connectivity index is 2.60. The summed E-state index contributed by atoms with van der Waals surface area (Å²) >= 11 is 0. The molecule has 2 unspecified atom stereocenters. The molecule has 2 nitrogen and oxygen atoms in total. The van der Waals surface area contributed by atoms with Gasteiger partial charge in [-0.15, -0.1) is 0 Å². The van der Waals surface area contributed by atoms with Gasteiger partial charge < -0.3 is 10.8 Å². The summed E-state index contributed by atoms with van der Waals surface area (Å²) in [5, 5.41) is 9.17. The van der Waals surface area contributed by atoms with Crippen LogP contribution in [0, 0.1) is 11.8 Å². The van der Waals surface area contributed by atoms with Gasteiger partial charge in [0.05, 0.1) is 0 Å². The molecule has 3 N–H and O–H groups in total. The van der Waals surface area contributed by atoms with E-state index in [0.717, 1.165) is 0 Å². The summed E-state index contributed by atoms with van der Waals surface area (Å²) < 4.78 is 0. The Morgan fingerprint density at radius 2 is 1.90 bits per heavy atom. The van der Waals surface area contributed by atoms with Crippen molar-refractivity contribution in [2.45, 2.75) is 26.5 Å². The average molecular weight is 141 g/mol. The third-order valence-corrected chi connectivity index (χ3v) is 2.15. The van der Waals surface area contributed by atoms with Crippen LogP contribution < -0.4 is 5.73 Å². The number of hydrogen-bond donors (Lipinski definition) is 2. The van der Waals surface area contributed by atoms with Gasteiger partial charge in [-0.05, 0) is 24.8 Å². The molecule has 0 aromatic heterocycles. The molecule has 1 aliphatic rings. The molecule has 0 amide bonds. The van der Waals surface area contributed by atoms with E-state index in [0.29, 0.717) is 11.8 Å². The van der Waals surface area contributed by atoms with Crippen molar-refractivity contribution in [2.24, 2.45) is 17.6 Å². The lowest BCUT2D eigenvalue weighted by atomic mass is 10.2. The molecule has 1 fully saturated rings. The Bertz CT molecular complexity index is 157. The first-order valence-electron chi connectivity index (χ1n) is 3.66. The zero-order valence-corrected chi connectivity index (χ0v) is 6.76. The fourth-order valence-electron chi connectivity index (χ4n) is 1.20. The van der Waals surface area contributed by atoms with Crippen LogP contribution >= 0.6 is 0 Å². The summed E-state index contributed by atoms with van der Waals surface area (Å²) in [6.45, 7) is 5.88. The molecule has 0 heterocycles. The zero-order chi connectivity index (χ0) is 7.94. The van der Waals surface area contributed by atoms with Crippen molar-refractivity contribution in [3.05, 3.63) is 11.6 Å². The van der Waals surface area contributed by atoms with Crippen molar-refractivity contribution in [2.75, 3.05) is 0 Å². The third-order valence-electron chi connectivity index (χ3n) is 2.15. The predicted molar refractivity (Wildman–Crippen MR) is 41.2 cm³/mol. The summed E-state index contributed by atoms with van der Waals surface area (Å²) in [4.78, 5) is 0. The van der Waals surface area contributed by atoms with E-state index in [-0.39, 0.29) is 0 Å². The number of allylic oxidation sites excluding steroid dienone is 1. The van der Waals surface area contributed by atoms with Crippen LogP contribution in [-0.2, 0) is 0 Å². The van der Waals surface area contributed by atoms with E-state index >= 15 is 0 Å². The molecule has 3 atom stereocenters. The highest BCUT2D eigenvalue weighted by Gasteiger charge is 2.36. The van der Waals surface area contributed by atoms with Crippen molar-refractivity contribution in [3.63, 3.8) is 0 Å². The van der Waals surface area contributed by atoms with Gasteiger partial charge in [0.25, 0.3) is 0 Å². The van der Waals surface area contributed by atoms with Gasteiger partial charge in [0, 0.05) is 0 Å². The Labute approximate surface area is 61.7 Å². The zero-order valence-electron chi connectivity index (χ0n) is 6.76. The summed E-state index contributed by atoms with van der Waals surface area (Å²) in [6.07, 6.45) is 1.75. The van der Waals surface area contributed by atoms with Crippen LogP contribution in [0.3, 0.4) is 0 Å². The molecule has 0 aliphatic heterocycles. The van der Waals surface area contributed by atoms with Gasteiger partial charge in [0.15, 0.2) is 0 Å². The minimum atomic E-state index is -1.12. The second kappa shape index (κ2) is 2.07. The molecule has 10 heavy (non-hydrogen) atoms. The first kappa shape index (κ1) is 7.76. The molecule has 1 aliphatic carbocycles. The molecular formula is C8H15NO. The predicted octanol–water partition coefficient (Wildman–Crippen LogP) is 0.866. The van der Waals surface area contributed by atoms with Gasteiger partial charge in [-0.25, -0.2) is 0 Å². The van der Waals surface area contributed by atoms with Gasteiger partial charge in [0.2, 0.25) is 0 Å². The van der Waals surface area contributed by atoms with E-state index in [2.05, 4.69) is 13.8 Å². The highest BCUT2D eigenvalue weighted by molar-refractivity contribution is 5.29. The second-order valence-electron chi connectivity index (χ2n) is 3.45. The maximum atomic E-state index is 9.17. The maximum absolute atomic E-state index is 9.17. The Kier molecular flexibility index (Phi) is 1.61. The Morgan fingerprint density at radius 3 is 2.00 bits per heavy atom. The number of aliphatic hydroxyl groups is 1. The van der Waals surface area contributed by atoms with Crippen molar-refractivity contribution in [3.8, 4) is 0 Å². The quantitative estimate of drug-likeness (QED) is 0.420. The summed E-state index contributed by atoms with van der Waals surface area (Å²) in [5.41, 5.74) is 5.55. The molecule has 2 heteroatoms. The summed E-state index contributed by atoms with van der Waals surface area (Å²) in [7, 11) is 0. The molecule has 1 saturated carbocycles. The van der Waals surface area contributed by atoms with E-state index < -0.39 is 5.72 Å². The SMILES string of the molecule is CC1C(=CC(C)(N)O)[C@@H]1C. The standard InChI is InChI=1S/C8H15NO/c1-5-6(2)7(5)4-8(3,9)10/h4-6,10H,9H2,1-3H3/t5-,6?,8?/m1/s1. The van der Waals surface area contributed by atoms with Crippen LogP contribution in [0.4, 0.5) is 0 Å². The van der Waals surface area contributed by atoms with Gasteiger partial charge in [-0.3, -0.25) is 0 Å². The lowest BCUT2D eigenvalue weighted by Gasteiger charge is -2.09. The lowest BCUT2D eigenvalue weighted by Crippen LogP contribution is -2.32. The fraction of sp³-hybridized carbons (Fsp3) is 0.750. The van der Waals surface area contributed by atoms with Crippen molar-refractivity contribution in [1.82, 2.24) is 0 Å².